The van der Waals surface area contributed by atoms with E-state index in [1.807, 2.05) is 20.8 Å². The quantitative estimate of drug-likeness (QED) is 0.670. The van der Waals surface area contributed by atoms with E-state index in [0.717, 1.165) is 13.0 Å². The van der Waals surface area contributed by atoms with E-state index in [2.05, 4.69) is 23.9 Å². The smallest absolute Gasteiger partial charge is 0.212 e. The number of sulfonamides is 1. The molecule has 2 N–H and O–H groups in total. The molecule has 16 heavy (non-hydrogen) atoms. The minimum Gasteiger partial charge on any atom is -0.314 e. The largest absolute Gasteiger partial charge is 0.314 e. The van der Waals surface area contributed by atoms with Gasteiger partial charge in [-0.2, -0.15) is 0 Å². The molecule has 0 bridgehead atoms. The number of hydrogen-bond acceptors (Lipinski definition) is 3. The minimum absolute atomic E-state index is 0.178. The second kappa shape index (κ2) is 6.57. The predicted octanol–water partition coefficient (Wildman–Crippen LogP) is 1.34. The average molecular weight is 250 g/mol. The van der Waals surface area contributed by atoms with E-state index in [-0.39, 0.29) is 11.2 Å². The Morgan fingerprint density at radius 1 is 1.12 bits per heavy atom. The molecule has 0 radical (unpaired) electrons. The summed E-state index contributed by atoms with van der Waals surface area (Å²) in [5, 5.41) is 3.25. The molecule has 0 aliphatic heterocycles. The number of rotatable bonds is 7. The molecule has 0 saturated heterocycles. The van der Waals surface area contributed by atoms with Crippen LogP contribution in [0.3, 0.4) is 0 Å². The fraction of sp³-hybridized carbons (Fsp3) is 1.00. The Hall–Kier alpha value is -0.130. The van der Waals surface area contributed by atoms with E-state index in [9.17, 15) is 8.42 Å². The van der Waals surface area contributed by atoms with Crippen molar-refractivity contribution in [2.24, 2.45) is 5.41 Å². The minimum atomic E-state index is -3.12. The van der Waals surface area contributed by atoms with E-state index in [0.29, 0.717) is 12.6 Å². The molecule has 0 fully saturated rings. The van der Waals surface area contributed by atoms with Crippen molar-refractivity contribution in [1.82, 2.24) is 10.0 Å². The highest BCUT2D eigenvalue weighted by molar-refractivity contribution is 7.89. The predicted molar refractivity (Wildman–Crippen MR) is 69.0 cm³/mol. The summed E-state index contributed by atoms with van der Waals surface area (Å²) in [5.41, 5.74) is -0.192. The molecule has 0 aliphatic rings. The third-order valence-corrected chi connectivity index (χ3v) is 3.74. The molecule has 0 aliphatic carbocycles. The third-order valence-electron chi connectivity index (χ3n) is 1.85. The van der Waals surface area contributed by atoms with Crippen LogP contribution in [0.1, 0.15) is 41.0 Å². The highest BCUT2D eigenvalue weighted by Gasteiger charge is 2.20. The SMILES string of the molecule is CC(C)NCCCNS(=O)(=O)CC(C)(C)C. The summed E-state index contributed by atoms with van der Waals surface area (Å²) in [6, 6.07) is 0.450. The Labute approximate surface area is 100 Å². The van der Waals surface area contributed by atoms with Gasteiger partial charge in [-0.25, -0.2) is 13.1 Å². The van der Waals surface area contributed by atoms with Gasteiger partial charge in [0, 0.05) is 12.6 Å². The summed E-state index contributed by atoms with van der Waals surface area (Å²) in [6.45, 7) is 11.3. The lowest BCUT2D eigenvalue weighted by atomic mass is 10.0. The Balaban J connectivity index is 3.76. The lowest BCUT2D eigenvalue weighted by Gasteiger charge is -2.18. The average Bonchev–Trinajstić information content (AvgIpc) is 1.97. The monoisotopic (exact) mass is 250 g/mol. The second-order valence-corrected chi connectivity index (χ2v) is 7.48. The molecule has 4 nitrogen and oxygen atoms in total. The molecule has 0 spiro atoms. The van der Waals surface area contributed by atoms with E-state index < -0.39 is 10.0 Å². The van der Waals surface area contributed by atoms with Crippen molar-refractivity contribution in [3.8, 4) is 0 Å². The molecule has 0 aromatic rings. The molecule has 0 unspecified atom stereocenters. The van der Waals surface area contributed by atoms with Crippen molar-refractivity contribution in [3.63, 3.8) is 0 Å². The van der Waals surface area contributed by atoms with Crippen LogP contribution >= 0.6 is 0 Å². The van der Waals surface area contributed by atoms with Crippen LogP contribution in [0, 0.1) is 5.41 Å². The molecule has 0 atom stereocenters. The summed E-state index contributed by atoms with van der Waals surface area (Å²) in [7, 11) is -3.12. The van der Waals surface area contributed by atoms with Gasteiger partial charge in [0.2, 0.25) is 10.0 Å². The normalized spacial score (nSPS) is 13.4. The van der Waals surface area contributed by atoms with Gasteiger partial charge < -0.3 is 5.32 Å². The van der Waals surface area contributed by atoms with Crippen LogP contribution in [0.5, 0.6) is 0 Å². The van der Waals surface area contributed by atoms with Gasteiger partial charge >= 0.3 is 0 Å². The molecule has 0 saturated carbocycles. The van der Waals surface area contributed by atoms with Crippen LogP contribution in [0.25, 0.3) is 0 Å². The Bertz CT molecular complexity index is 279. The Morgan fingerprint density at radius 2 is 1.69 bits per heavy atom. The van der Waals surface area contributed by atoms with E-state index in [4.69, 9.17) is 0 Å². The number of hydrogen-bond donors (Lipinski definition) is 2. The van der Waals surface area contributed by atoms with Crippen molar-refractivity contribution >= 4 is 10.0 Å². The van der Waals surface area contributed by atoms with Crippen molar-refractivity contribution in [3.05, 3.63) is 0 Å². The van der Waals surface area contributed by atoms with Crippen LogP contribution in [-0.2, 0) is 10.0 Å². The van der Waals surface area contributed by atoms with Crippen LogP contribution in [0.4, 0.5) is 0 Å². The van der Waals surface area contributed by atoms with Gasteiger partial charge in [0.25, 0.3) is 0 Å². The van der Waals surface area contributed by atoms with Crippen molar-refractivity contribution in [1.29, 1.82) is 0 Å². The molecule has 5 heteroatoms. The maximum atomic E-state index is 11.6. The summed E-state index contributed by atoms with van der Waals surface area (Å²) in [4.78, 5) is 0. The summed E-state index contributed by atoms with van der Waals surface area (Å²) >= 11 is 0. The van der Waals surface area contributed by atoms with Crippen LogP contribution in [0.2, 0.25) is 0 Å². The highest BCUT2D eigenvalue weighted by Crippen LogP contribution is 2.14. The first-order valence-electron chi connectivity index (χ1n) is 5.83. The zero-order valence-corrected chi connectivity index (χ0v) is 11.9. The second-order valence-electron chi connectivity index (χ2n) is 5.68. The summed E-state index contributed by atoms with van der Waals surface area (Å²) in [5.74, 6) is 0.178. The Kier molecular flexibility index (Phi) is 6.51. The first kappa shape index (κ1) is 15.9. The lowest BCUT2D eigenvalue weighted by molar-refractivity contribution is 0.457. The van der Waals surface area contributed by atoms with Crippen molar-refractivity contribution < 1.29 is 8.42 Å². The molecular weight excluding hydrogens is 224 g/mol. The standard InChI is InChI=1S/C11H26N2O2S/c1-10(2)12-7-6-8-13-16(14,15)9-11(3,4)5/h10,12-13H,6-9H2,1-5H3. The molecule has 0 amide bonds. The zero-order valence-electron chi connectivity index (χ0n) is 11.1. The van der Waals surface area contributed by atoms with Gasteiger partial charge in [0.15, 0.2) is 0 Å². The van der Waals surface area contributed by atoms with E-state index in [1.165, 1.54) is 0 Å². The number of nitrogens with one attached hydrogen (secondary N) is 2. The topological polar surface area (TPSA) is 58.2 Å². The van der Waals surface area contributed by atoms with Crippen LogP contribution in [0.15, 0.2) is 0 Å². The summed E-state index contributed by atoms with van der Waals surface area (Å²) < 4.78 is 25.8. The van der Waals surface area contributed by atoms with Gasteiger partial charge in [-0.05, 0) is 18.4 Å². The van der Waals surface area contributed by atoms with E-state index >= 15 is 0 Å². The van der Waals surface area contributed by atoms with Gasteiger partial charge in [0.1, 0.15) is 0 Å². The molecule has 0 rings (SSSR count). The van der Waals surface area contributed by atoms with Crippen molar-refractivity contribution in [2.75, 3.05) is 18.8 Å². The fourth-order valence-electron chi connectivity index (χ4n) is 1.33. The van der Waals surface area contributed by atoms with Gasteiger partial charge in [-0.3, -0.25) is 0 Å². The third kappa shape index (κ3) is 10.4. The summed E-state index contributed by atoms with van der Waals surface area (Å²) in [6.07, 6.45) is 0.821. The molecular formula is C11H26N2O2S. The first-order valence-corrected chi connectivity index (χ1v) is 7.48. The van der Waals surface area contributed by atoms with Crippen LogP contribution in [-0.4, -0.2) is 33.3 Å². The van der Waals surface area contributed by atoms with Gasteiger partial charge in [-0.1, -0.05) is 34.6 Å². The molecule has 0 heterocycles. The molecule has 0 aromatic carbocycles. The maximum absolute atomic E-state index is 11.6. The Morgan fingerprint density at radius 3 is 2.12 bits per heavy atom. The zero-order chi connectivity index (χ0) is 12.8. The lowest BCUT2D eigenvalue weighted by Crippen LogP contribution is -2.34. The van der Waals surface area contributed by atoms with Crippen molar-refractivity contribution in [2.45, 2.75) is 47.1 Å². The molecule has 0 aromatic heterocycles. The highest BCUT2D eigenvalue weighted by atomic mass is 32.2. The van der Waals surface area contributed by atoms with E-state index in [1.54, 1.807) is 0 Å². The maximum Gasteiger partial charge on any atom is 0.212 e. The first-order chi connectivity index (χ1) is 7.12. The fourth-order valence-corrected chi connectivity index (χ4v) is 3.03. The van der Waals surface area contributed by atoms with Crippen LogP contribution < -0.4 is 10.0 Å². The van der Waals surface area contributed by atoms with Gasteiger partial charge in [-0.15, -0.1) is 0 Å². The van der Waals surface area contributed by atoms with Gasteiger partial charge in [0.05, 0.1) is 5.75 Å². The molecule has 98 valence electrons.